The molecule has 0 aliphatic heterocycles. The maximum atomic E-state index is 12.3. The van der Waals surface area contributed by atoms with Crippen LogP contribution in [0.4, 0.5) is 5.69 Å². The number of nitrogens with one attached hydrogen (secondary N) is 2. The van der Waals surface area contributed by atoms with Crippen molar-refractivity contribution < 1.29 is 14.3 Å². The second-order valence-corrected chi connectivity index (χ2v) is 7.27. The van der Waals surface area contributed by atoms with E-state index in [4.69, 9.17) is 4.74 Å². The predicted octanol–water partition coefficient (Wildman–Crippen LogP) is 2.78. The van der Waals surface area contributed by atoms with Crippen LogP contribution in [-0.4, -0.2) is 34.2 Å². The lowest BCUT2D eigenvalue weighted by Gasteiger charge is -2.23. The number of hydrogen-bond donors (Lipinski definition) is 2. The molecule has 0 aliphatic carbocycles. The van der Waals surface area contributed by atoms with E-state index in [0.29, 0.717) is 23.8 Å². The summed E-state index contributed by atoms with van der Waals surface area (Å²) < 4.78 is 5.02. The van der Waals surface area contributed by atoms with E-state index in [-0.39, 0.29) is 16.9 Å². The van der Waals surface area contributed by atoms with Crippen LogP contribution < -0.4 is 10.6 Å². The van der Waals surface area contributed by atoms with Crippen LogP contribution in [-0.2, 0) is 22.5 Å². The monoisotopic (exact) mass is 376 g/mol. The number of anilines is 1. The summed E-state index contributed by atoms with van der Waals surface area (Å²) in [5.74, 6) is -0.638. The van der Waals surface area contributed by atoms with Gasteiger partial charge in [0.1, 0.15) is 10.5 Å². The Labute approximate surface area is 157 Å². The highest BCUT2D eigenvalue weighted by Gasteiger charge is 2.28. The summed E-state index contributed by atoms with van der Waals surface area (Å²) in [6.45, 7) is 7.96. The molecule has 2 N–H and O–H groups in total. The molecule has 2 rings (SSSR count). The van der Waals surface area contributed by atoms with Crippen molar-refractivity contribution in [2.45, 2.75) is 46.2 Å². The van der Waals surface area contributed by atoms with Crippen LogP contribution in [0.1, 0.15) is 48.1 Å². The fraction of sp³-hybridized carbons (Fsp3) is 0.444. The Hall–Kier alpha value is -2.32. The number of benzene rings is 1. The fourth-order valence-electron chi connectivity index (χ4n) is 2.11. The predicted molar refractivity (Wildman–Crippen MR) is 101 cm³/mol. The van der Waals surface area contributed by atoms with Crippen molar-refractivity contribution >= 4 is 28.9 Å². The molecule has 0 unspecified atom stereocenters. The summed E-state index contributed by atoms with van der Waals surface area (Å²) in [5, 5.41) is 14.7. The van der Waals surface area contributed by atoms with Gasteiger partial charge in [-0.25, -0.2) is 0 Å². The van der Waals surface area contributed by atoms with Crippen LogP contribution in [0, 0.1) is 0 Å². The Morgan fingerprint density at radius 1 is 1.15 bits per heavy atom. The normalized spacial score (nSPS) is 11.2. The van der Waals surface area contributed by atoms with Crippen molar-refractivity contribution in [3.8, 4) is 0 Å². The van der Waals surface area contributed by atoms with Gasteiger partial charge < -0.3 is 10.1 Å². The molecule has 7 nitrogen and oxygen atoms in total. The van der Waals surface area contributed by atoms with Crippen LogP contribution in [0.2, 0.25) is 0 Å². The maximum absolute atomic E-state index is 12.3. The maximum Gasteiger partial charge on any atom is 0.325 e. The van der Waals surface area contributed by atoms with Gasteiger partial charge in [-0.2, -0.15) is 0 Å². The van der Waals surface area contributed by atoms with Gasteiger partial charge in [0.2, 0.25) is 5.01 Å². The van der Waals surface area contributed by atoms with E-state index in [1.807, 2.05) is 24.3 Å². The van der Waals surface area contributed by atoms with Crippen LogP contribution in [0.15, 0.2) is 24.3 Å². The summed E-state index contributed by atoms with van der Waals surface area (Å²) in [6, 6.07) is 7.68. The lowest BCUT2D eigenvalue weighted by molar-refractivity contribution is -0.149. The average molecular weight is 376 g/mol. The van der Waals surface area contributed by atoms with E-state index < -0.39 is 5.54 Å². The Morgan fingerprint density at radius 3 is 2.46 bits per heavy atom. The third-order valence-corrected chi connectivity index (χ3v) is 4.67. The molecule has 0 saturated heterocycles. The molecule has 0 radical (unpaired) electrons. The second-order valence-electron chi connectivity index (χ2n) is 6.20. The van der Waals surface area contributed by atoms with Crippen molar-refractivity contribution in [3.63, 3.8) is 0 Å². The molecule has 0 saturated carbocycles. The minimum absolute atomic E-state index is 0.273. The summed E-state index contributed by atoms with van der Waals surface area (Å²) in [6.07, 6.45) is 0.948. The van der Waals surface area contributed by atoms with Crippen molar-refractivity contribution in [3.05, 3.63) is 39.8 Å². The molecule has 26 heavy (non-hydrogen) atoms. The number of aromatic nitrogens is 2. The molecule has 0 fully saturated rings. The van der Waals surface area contributed by atoms with Gasteiger partial charge in [-0.1, -0.05) is 30.4 Å². The highest BCUT2D eigenvalue weighted by atomic mass is 32.1. The third kappa shape index (κ3) is 5.34. The van der Waals surface area contributed by atoms with Crippen molar-refractivity contribution in [1.82, 2.24) is 15.5 Å². The van der Waals surface area contributed by atoms with Crippen LogP contribution >= 0.6 is 11.3 Å². The van der Waals surface area contributed by atoms with Gasteiger partial charge in [0.25, 0.3) is 5.91 Å². The Morgan fingerprint density at radius 2 is 1.85 bits per heavy atom. The zero-order valence-corrected chi connectivity index (χ0v) is 16.3. The molecule has 0 bridgehead atoms. The zero-order chi connectivity index (χ0) is 19.2. The summed E-state index contributed by atoms with van der Waals surface area (Å²) >= 11 is 1.18. The van der Waals surface area contributed by atoms with Gasteiger partial charge in [0, 0.05) is 5.69 Å². The number of ether oxygens (including phenoxy) is 1. The molecule has 0 atom stereocenters. The molecule has 140 valence electrons. The minimum atomic E-state index is -0.842. The zero-order valence-electron chi connectivity index (χ0n) is 15.5. The van der Waals surface area contributed by atoms with E-state index in [9.17, 15) is 9.59 Å². The SMILES string of the molecule is CCOC(=O)C(C)(C)NCc1nnc(C(=O)Nc2ccc(CC)cc2)s1. The lowest BCUT2D eigenvalue weighted by atomic mass is 10.1. The molecule has 0 spiro atoms. The van der Waals surface area contributed by atoms with E-state index in [0.717, 1.165) is 6.42 Å². The summed E-state index contributed by atoms with van der Waals surface area (Å²) in [5.41, 5.74) is 1.08. The first-order valence-corrected chi connectivity index (χ1v) is 9.32. The number of carbonyl (C=O) groups is 2. The van der Waals surface area contributed by atoms with Crippen molar-refractivity contribution in [2.75, 3.05) is 11.9 Å². The van der Waals surface area contributed by atoms with Crippen molar-refractivity contribution in [2.24, 2.45) is 0 Å². The number of amides is 1. The Kier molecular flexibility index (Phi) is 6.82. The second kappa shape index (κ2) is 8.86. The van der Waals surface area contributed by atoms with Crippen LogP contribution in [0.25, 0.3) is 0 Å². The smallest absolute Gasteiger partial charge is 0.325 e. The topological polar surface area (TPSA) is 93.2 Å². The van der Waals surface area contributed by atoms with E-state index >= 15 is 0 Å². The molecule has 2 aromatic rings. The molecule has 1 aromatic carbocycles. The van der Waals surface area contributed by atoms with E-state index in [2.05, 4.69) is 27.8 Å². The van der Waals surface area contributed by atoms with Gasteiger partial charge in [-0.3, -0.25) is 14.9 Å². The molecule has 1 amide bonds. The molecule has 1 heterocycles. The highest BCUT2D eigenvalue weighted by Crippen LogP contribution is 2.15. The van der Waals surface area contributed by atoms with E-state index in [1.54, 1.807) is 20.8 Å². The first-order valence-electron chi connectivity index (χ1n) is 8.50. The molecule has 8 heteroatoms. The van der Waals surface area contributed by atoms with Gasteiger partial charge in [-0.05, 0) is 44.9 Å². The van der Waals surface area contributed by atoms with Crippen molar-refractivity contribution in [1.29, 1.82) is 0 Å². The quantitative estimate of drug-likeness (QED) is 0.688. The van der Waals surface area contributed by atoms with E-state index in [1.165, 1.54) is 16.9 Å². The Bertz CT molecular complexity index is 756. The Balaban J connectivity index is 1.93. The first-order chi connectivity index (χ1) is 12.4. The average Bonchev–Trinajstić information content (AvgIpc) is 3.10. The third-order valence-electron chi connectivity index (χ3n) is 3.75. The van der Waals surface area contributed by atoms with Gasteiger partial charge in [0.15, 0.2) is 0 Å². The minimum Gasteiger partial charge on any atom is -0.465 e. The molecular weight excluding hydrogens is 352 g/mol. The van der Waals surface area contributed by atoms with Gasteiger partial charge in [0.05, 0.1) is 13.2 Å². The molecule has 0 aliphatic rings. The summed E-state index contributed by atoms with van der Waals surface area (Å²) in [4.78, 5) is 24.1. The number of hydrogen-bond acceptors (Lipinski definition) is 7. The van der Waals surface area contributed by atoms with Crippen LogP contribution in [0.3, 0.4) is 0 Å². The summed E-state index contributed by atoms with van der Waals surface area (Å²) in [7, 11) is 0. The molecular formula is C18H24N4O3S. The van der Waals surface area contributed by atoms with Gasteiger partial charge >= 0.3 is 5.97 Å². The number of esters is 1. The molecule has 1 aromatic heterocycles. The first kappa shape index (κ1) is 20.0. The standard InChI is InChI=1S/C18H24N4O3S/c1-5-12-7-9-13(10-8-12)20-15(23)16-22-21-14(26-16)11-19-18(3,4)17(24)25-6-2/h7-10,19H,5-6,11H2,1-4H3,(H,20,23). The number of aryl methyl sites for hydroxylation is 1. The van der Waals surface area contributed by atoms with Crippen LogP contribution in [0.5, 0.6) is 0 Å². The number of rotatable bonds is 8. The highest BCUT2D eigenvalue weighted by molar-refractivity contribution is 7.13. The lowest BCUT2D eigenvalue weighted by Crippen LogP contribution is -2.47. The number of nitrogens with zero attached hydrogens (tertiary/aromatic N) is 2. The fourth-order valence-corrected chi connectivity index (χ4v) is 2.78. The van der Waals surface area contributed by atoms with Gasteiger partial charge in [-0.15, -0.1) is 10.2 Å². The number of carbonyl (C=O) groups excluding carboxylic acids is 2. The largest absolute Gasteiger partial charge is 0.465 e.